The second-order valence-electron chi connectivity index (χ2n) is 9.52. The van der Waals surface area contributed by atoms with Crippen molar-refractivity contribution in [1.29, 1.82) is 5.26 Å². The summed E-state index contributed by atoms with van der Waals surface area (Å²) in [6.45, 7) is 3.69. The largest absolute Gasteiger partial charge is 0.369 e. The molecular formula is C27H27FN4O3S2. The van der Waals surface area contributed by atoms with Crippen LogP contribution in [0.4, 0.5) is 15.1 Å². The topological polar surface area (TPSA) is 93.5 Å². The minimum atomic E-state index is -3.81. The van der Waals surface area contributed by atoms with Crippen LogP contribution in [0.5, 0.6) is 0 Å². The van der Waals surface area contributed by atoms with Crippen LogP contribution in [0, 0.1) is 23.1 Å². The van der Waals surface area contributed by atoms with Gasteiger partial charge in [0.15, 0.2) is 0 Å². The third-order valence-electron chi connectivity index (χ3n) is 7.01. The van der Waals surface area contributed by atoms with E-state index in [4.69, 9.17) is 0 Å². The highest BCUT2D eigenvalue weighted by molar-refractivity contribution is 7.89. The van der Waals surface area contributed by atoms with E-state index in [-0.39, 0.29) is 29.4 Å². The van der Waals surface area contributed by atoms with Gasteiger partial charge in [-0.25, -0.2) is 12.8 Å². The molecule has 192 valence electrons. The number of nitriles is 1. The van der Waals surface area contributed by atoms with Crippen LogP contribution in [0.2, 0.25) is 0 Å². The SMILES string of the molecule is C[C@@H]1CCc2c(sc(NC(=O)c3cccc(S(=O)(=O)N4CCN(c5ccc(F)cc5)CC4)c3)c2C#N)C1. The summed E-state index contributed by atoms with van der Waals surface area (Å²) in [5.41, 5.74) is 2.60. The number of thiophene rings is 1. The molecule has 37 heavy (non-hydrogen) atoms. The van der Waals surface area contributed by atoms with Crippen LogP contribution in [0.15, 0.2) is 53.4 Å². The van der Waals surface area contributed by atoms with Crippen molar-refractivity contribution in [3.8, 4) is 6.07 Å². The highest BCUT2D eigenvalue weighted by Crippen LogP contribution is 2.39. The molecule has 0 spiro atoms. The Morgan fingerprint density at radius 3 is 2.57 bits per heavy atom. The smallest absolute Gasteiger partial charge is 0.256 e. The summed E-state index contributed by atoms with van der Waals surface area (Å²) in [6.07, 6.45) is 2.74. The number of benzene rings is 2. The number of hydrogen-bond acceptors (Lipinski definition) is 6. The predicted molar refractivity (Wildman–Crippen MR) is 142 cm³/mol. The van der Waals surface area contributed by atoms with E-state index in [9.17, 15) is 22.9 Å². The molecule has 2 aromatic carbocycles. The quantitative estimate of drug-likeness (QED) is 0.511. The predicted octanol–water partition coefficient (Wildman–Crippen LogP) is 4.65. The van der Waals surface area contributed by atoms with Gasteiger partial charge in [-0.3, -0.25) is 4.79 Å². The van der Waals surface area contributed by atoms with Crippen molar-refractivity contribution >= 4 is 38.0 Å². The van der Waals surface area contributed by atoms with Crippen molar-refractivity contribution in [3.63, 3.8) is 0 Å². The maximum absolute atomic E-state index is 13.4. The number of anilines is 2. The molecule has 1 aliphatic heterocycles. The molecule has 2 heterocycles. The summed E-state index contributed by atoms with van der Waals surface area (Å²) in [5, 5.41) is 13.1. The van der Waals surface area contributed by atoms with Crippen LogP contribution in [0.25, 0.3) is 0 Å². The molecule has 0 radical (unpaired) electrons. The van der Waals surface area contributed by atoms with Gasteiger partial charge in [-0.2, -0.15) is 9.57 Å². The summed E-state index contributed by atoms with van der Waals surface area (Å²) in [4.78, 5) is 16.3. The molecule has 1 aliphatic carbocycles. The van der Waals surface area contributed by atoms with Gasteiger partial charge in [-0.15, -0.1) is 11.3 Å². The Hall–Kier alpha value is -3.26. The number of carbonyl (C=O) groups excluding carboxylic acids is 1. The lowest BCUT2D eigenvalue weighted by Gasteiger charge is -2.35. The van der Waals surface area contributed by atoms with Gasteiger partial charge in [-0.05, 0) is 73.2 Å². The van der Waals surface area contributed by atoms with Crippen LogP contribution in [0.3, 0.4) is 0 Å². The number of sulfonamides is 1. The van der Waals surface area contributed by atoms with E-state index in [0.717, 1.165) is 35.4 Å². The number of rotatable bonds is 5. The summed E-state index contributed by atoms with van der Waals surface area (Å²) in [5.74, 6) is -0.215. The Labute approximate surface area is 220 Å². The fourth-order valence-corrected chi connectivity index (χ4v) is 7.74. The fraction of sp³-hybridized carbons (Fsp3) is 0.333. The van der Waals surface area contributed by atoms with Gasteiger partial charge in [0.1, 0.15) is 16.9 Å². The zero-order valence-corrected chi connectivity index (χ0v) is 22.0. The monoisotopic (exact) mass is 538 g/mol. The number of amides is 1. The molecule has 3 aromatic rings. The van der Waals surface area contributed by atoms with Crippen LogP contribution >= 0.6 is 11.3 Å². The minimum Gasteiger partial charge on any atom is -0.369 e. The number of nitrogens with zero attached hydrogens (tertiary/aromatic N) is 3. The van der Waals surface area contributed by atoms with Crippen LogP contribution < -0.4 is 10.2 Å². The van der Waals surface area contributed by atoms with Gasteiger partial charge in [0.2, 0.25) is 10.0 Å². The van der Waals surface area contributed by atoms with Crippen molar-refractivity contribution in [2.24, 2.45) is 5.92 Å². The first kappa shape index (κ1) is 25.4. The molecule has 1 aromatic heterocycles. The third-order valence-corrected chi connectivity index (χ3v) is 10.1. The Morgan fingerprint density at radius 2 is 1.86 bits per heavy atom. The molecule has 2 aliphatic rings. The molecule has 1 fully saturated rings. The average molecular weight is 539 g/mol. The lowest BCUT2D eigenvalue weighted by molar-refractivity contribution is 0.102. The first-order chi connectivity index (χ1) is 17.8. The third kappa shape index (κ3) is 5.12. The van der Waals surface area contributed by atoms with E-state index < -0.39 is 15.9 Å². The molecular weight excluding hydrogens is 511 g/mol. The summed E-state index contributed by atoms with van der Waals surface area (Å²) < 4.78 is 41.4. The highest BCUT2D eigenvalue weighted by Gasteiger charge is 2.30. The lowest BCUT2D eigenvalue weighted by Crippen LogP contribution is -2.48. The Kier molecular flexibility index (Phi) is 7.03. The molecule has 1 amide bonds. The fourth-order valence-electron chi connectivity index (χ4n) is 4.92. The Morgan fingerprint density at radius 1 is 1.14 bits per heavy atom. The van der Waals surface area contributed by atoms with E-state index in [1.54, 1.807) is 24.3 Å². The zero-order valence-electron chi connectivity index (χ0n) is 20.4. The molecule has 0 unspecified atom stereocenters. The van der Waals surface area contributed by atoms with Crippen molar-refractivity contribution in [1.82, 2.24) is 4.31 Å². The van der Waals surface area contributed by atoms with Gasteiger partial charge in [0.25, 0.3) is 5.91 Å². The highest BCUT2D eigenvalue weighted by atomic mass is 32.2. The molecule has 1 N–H and O–H groups in total. The maximum atomic E-state index is 13.4. The van der Waals surface area contributed by atoms with E-state index in [0.29, 0.717) is 29.6 Å². The molecule has 1 saturated heterocycles. The van der Waals surface area contributed by atoms with Crippen LogP contribution in [-0.2, 0) is 22.9 Å². The zero-order chi connectivity index (χ0) is 26.2. The maximum Gasteiger partial charge on any atom is 0.256 e. The number of hydrogen-bond donors (Lipinski definition) is 1. The number of carbonyl (C=O) groups is 1. The van der Waals surface area contributed by atoms with E-state index in [1.807, 2.05) is 4.90 Å². The van der Waals surface area contributed by atoms with Crippen molar-refractivity contribution < 1.29 is 17.6 Å². The van der Waals surface area contributed by atoms with Gasteiger partial charge in [0.05, 0.1) is 10.5 Å². The number of nitrogens with one attached hydrogen (secondary N) is 1. The first-order valence-corrected chi connectivity index (χ1v) is 14.5. The first-order valence-electron chi connectivity index (χ1n) is 12.2. The Bertz CT molecular complexity index is 1470. The van der Waals surface area contributed by atoms with Crippen molar-refractivity contribution in [2.75, 3.05) is 36.4 Å². The minimum absolute atomic E-state index is 0.0511. The van der Waals surface area contributed by atoms with Crippen LogP contribution in [0.1, 0.15) is 39.7 Å². The van der Waals surface area contributed by atoms with Gasteiger partial charge < -0.3 is 10.2 Å². The Balaban J connectivity index is 1.30. The second kappa shape index (κ2) is 10.2. The van der Waals surface area contributed by atoms with Gasteiger partial charge in [-0.1, -0.05) is 13.0 Å². The van der Waals surface area contributed by atoms with Gasteiger partial charge >= 0.3 is 0 Å². The lowest BCUT2D eigenvalue weighted by atomic mass is 9.88. The van der Waals surface area contributed by atoms with E-state index >= 15 is 0 Å². The van der Waals surface area contributed by atoms with Crippen LogP contribution in [-0.4, -0.2) is 44.8 Å². The van der Waals surface area contributed by atoms with Crippen molar-refractivity contribution in [2.45, 2.75) is 31.1 Å². The number of piperazine rings is 1. The van der Waals surface area contributed by atoms with E-state index in [1.165, 1.54) is 39.9 Å². The normalized spacial score (nSPS) is 18.2. The standard InChI is InChI=1S/C27H27FN4O3S2/c1-18-5-10-23-24(17-29)27(36-25(23)15-18)30-26(33)19-3-2-4-22(16-19)37(34,35)32-13-11-31(12-14-32)21-8-6-20(28)7-9-21/h2-4,6-9,16,18H,5,10-15H2,1H3,(H,30,33)/t18-/m1/s1. The summed E-state index contributed by atoms with van der Waals surface area (Å²) in [6, 6.07) is 14.4. The molecule has 7 nitrogen and oxygen atoms in total. The molecule has 0 saturated carbocycles. The number of fused-ring (bicyclic) bond motifs is 1. The molecule has 5 rings (SSSR count). The second-order valence-corrected chi connectivity index (χ2v) is 12.6. The van der Waals surface area contributed by atoms with E-state index in [2.05, 4.69) is 18.3 Å². The average Bonchev–Trinajstić information content (AvgIpc) is 3.25. The molecule has 1 atom stereocenters. The molecule has 10 heteroatoms. The summed E-state index contributed by atoms with van der Waals surface area (Å²) >= 11 is 1.44. The number of halogens is 1. The van der Waals surface area contributed by atoms with Gasteiger partial charge in [0, 0.05) is 42.3 Å². The molecule has 0 bridgehead atoms. The van der Waals surface area contributed by atoms with Crippen molar-refractivity contribution in [3.05, 3.63) is 75.9 Å². The summed E-state index contributed by atoms with van der Waals surface area (Å²) in [7, 11) is -3.81.